The van der Waals surface area contributed by atoms with Gasteiger partial charge in [0.25, 0.3) is 0 Å². The fraction of sp³-hybridized carbons (Fsp3) is 0.500. The molecule has 0 radical (unpaired) electrons. The van der Waals surface area contributed by atoms with Crippen LogP contribution in [-0.4, -0.2) is 34.3 Å². The van der Waals surface area contributed by atoms with E-state index in [9.17, 15) is 9.59 Å². The summed E-state index contributed by atoms with van der Waals surface area (Å²) in [6.07, 6.45) is 1.13. The predicted octanol–water partition coefficient (Wildman–Crippen LogP) is 3.30. The highest BCUT2D eigenvalue weighted by Gasteiger charge is 2.22. The predicted molar refractivity (Wildman–Crippen MR) is 86.4 cm³/mol. The number of ether oxygens (including phenoxy) is 1. The van der Waals surface area contributed by atoms with Crippen LogP contribution >= 0.6 is 21.6 Å². The van der Waals surface area contributed by atoms with Crippen LogP contribution in [0, 0.1) is 0 Å². The van der Waals surface area contributed by atoms with Crippen LogP contribution in [0.4, 0.5) is 4.79 Å². The van der Waals surface area contributed by atoms with Crippen LogP contribution in [0.5, 0.6) is 0 Å². The summed E-state index contributed by atoms with van der Waals surface area (Å²) < 4.78 is 5.15. The summed E-state index contributed by atoms with van der Waals surface area (Å²) in [5, 5.41) is 3.46. The van der Waals surface area contributed by atoms with Gasteiger partial charge in [0.2, 0.25) is 0 Å². The molecular weight excluding hydrogens is 308 g/mol. The molecule has 0 aromatic carbocycles. The molecule has 0 saturated heterocycles. The van der Waals surface area contributed by atoms with Crippen LogP contribution in [0.2, 0.25) is 0 Å². The molecule has 5 nitrogen and oxygen atoms in total. The van der Waals surface area contributed by atoms with Crippen molar-refractivity contribution in [2.45, 2.75) is 44.4 Å². The fourth-order valence-corrected chi connectivity index (χ4v) is 3.42. The van der Waals surface area contributed by atoms with Crippen LogP contribution in [0.15, 0.2) is 29.4 Å². The number of alkyl carbamates (subject to hydrolysis) is 1. The lowest BCUT2D eigenvalue weighted by Crippen LogP contribution is -2.44. The number of pyridine rings is 1. The van der Waals surface area contributed by atoms with Crippen molar-refractivity contribution < 1.29 is 14.3 Å². The van der Waals surface area contributed by atoms with Crippen LogP contribution in [0.25, 0.3) is 0 Å². The quantitative estimate of drug-likeness (QED) is 0.808. The average Bonchev–Trinajstić information content (AvgIpc) is 2.36. The largest absolute Gasteiger partial charge is 0.444 e. The van der Waals surface area contributed by atoms with E-state index in [1.54, 1.807) is 27.0 Å². The SMILES string of the molecule is CC(=O)C(CSSc1ccccn1)NC(=O)OC(C)(C)C. The average molecular weight is 328 g/mol. The van der Waals surface area contributed by atoms with Gasteiger partial charge < -0.3 is 10.1 Å². The molecule has 0 spiro atoms. The molecule has 1 heterocycles. The van der Waals surface area contributed by atoms with E-state index in [1.165, 1.54) is 28.5 Å². The van der Waals surface area contributed by atoms with E-state index < -0.39 is 17.7 Å². The number of hydrogen-bond donors (Lipinski definition) is 1. The minimum Gasteiger partial charge on any atom is -0.444 e. The summed E-state index contributed by atoms with van der Waals surface area (Å²) in [5.74, 6) is 0.352. The summed E-state index contributed by atoms with van der Waals surface area (Å²) in [7, 11) is 2.93. The smallest absolute Gasteiger partial charge is 0.408 e. The van der Waals surface area contributed by atoms with Crippen LogP contribution in [-0.2, 0) is 9.53 Å². The van der Waals surface area contributed by atoms with Crippen LogP contribution < -0.4 is 5.32 Å². The minimum absolute atomic E-state index is 0.102. The number of amides is 1. The zero-order valence-electron chi connectivity index (χ0n) is 12.6. The number of carbonyl (C=O) groups excluding carboxylic acids is 2. The Balaban J connectivity index is 2.43. The van der Waals surface area contributed by atoms with Crippen molar-refractivity contribution >= 4 is 33.5 Å². The molecule has 0 bridgehead atoms. The normalized spacial score (nSPS) is 12.6. The second kappa shape index (κ2) is 8.29. The standard InChI is InChI=1S/C14H20N2O3S2/c1-10(17)11(16-13(18)19-14(2,3)4)9-20-21-12-7-5-6-8-15-12/h5-8,11H,9H2,1-4H3,(H,16,18). The summed E-state index contributed by atoms with van der Waals surface area (Å²) in [6, 6.07) is 5.07. The van der Waals surface area contributed by atoms with Crippen LogP contribution in [0.3, 0.4) is 0 Å². The van der Waals surface area contributed by atoms with Gasteiger partial charge in [-0.1, -0.05) is 16.9 Å². The molecule has 0 aliphatic carbocycles. The Morgan fingerprint density at radius 3 is 2.62 bits per heavy atom. The molecule has 1 atom stereocenters. The first kappa shape index (κ1) is 17.8. The third kappa shape index (κ3) is 7.96. The molecular formula is C14H20N2O3S2. The molecule has 1 N–H and O–H groups in total. The Morgan fingerprint density at radius 2 is 2.10 bits per heavy atom. The molecule has 21 heavy (non-hydrogen) atoms. The third-order valence-electron chi connectivity index (χ3n) is 2.20. The van der Waals surface area contributed by atoms with Gasteiger partial charge >= 0.3 is 6.09 Å². The van der Waals surface area contributed by atoms with Gasteiger partial charge in [0, 0.05) is 11.9 Å². The van der Waals surface area contributed by atoms with E-state index >= 15 is 0 Å². The van der Waals surface area contributed by atoms with Crippen molar-refractivity contribution in [3.63, 3.8) is 0 Å². The first-order chi connectivity index (χ1) is 9.78. The second-order valence-electron chi connectivity index (χ2n) is 5.35. The monoisotopic (exact) mass is 328 g/mol. The van der Waals surface area contributed by atoms with E-state index in [0.29, 0.717) is 5.75 Å². The van der Waals surface area contributed by atoms with Gasteiger partial charge in [0.05, 0.1) is 0 Å². The third-order valence-corrected chi connectivity index (χ3v) is 4.47. The number of Topliss-reactive ketones (excluding diaryl/α,β-unsaturated/α-hetero) is 1. The first-order valence-electron chi connectivity index (χ1n) is 6.48. The summed E-state index contributed by atoms with van der Waals surface area (Å²) in [6.45, 7) is 6.79. The summed E-state index contributed by atoms with van der Waals surface area (Å²) in [4.78, 5) is 27.4. The molecule has 0 aliphatic heterocycles. The number of carbonyl (C=O) groups is 2. The van der Waals surface area contributed by atoms with Gasteiger partial charge in [-0.25, -0.2) is 9.78 Å². The molecule has 0 aliphatic rings. The van der Waals surface area contributed by atoms with Crippen molar-refractivity contribution in [1.82, 2.24) is 10.3 Å². The molecule has 1 unspecified atom stereocenters. The molecule has 0 fully saturated rings. The van der Waals surface area contributed by atoms with Crippen LogP contribution in [0.1, 0.15) is 27.7 Å². The number of aromatic nitrogens is 1. The van der Waals surface area contributed by atoms with Gasteiger partial charge in [-0.05, 0) is 50.6 Å². The highest BCUT2D eigenvalue weighted by Crippen LogP contribution is 2.29. The van der Waals surface area contributed by atoms with Gasteiger partial charge in [-0.3, -0.25) is 4.79 Å². The van der Waals surface area contributed by atoms with Gasteiger partial charge in [0.1, 0.15) is 16.7 Å². The Labute approximate surface area is 133 Å². The number of nitrogens with one attached hydrogen (secondary N) is 1. The lowest BCUT2D eigenvalue weighted by Gasteiger charge is -2.22. The second-order valence-corrected chi connectivity index (χ2v) is 7.71. The molecule has 1 aromatic rings. The van der Waals surface area contributed by atoms with E-state index in [4.69, 9.17) is 4.74 Å². The molecule has 1 amide bonds. The van der Waals surface area contributed by atoms with Crippen molar-refractivity contribution in [1.29, 1.82) is 0 Å². The maximum atomic E-state index is 11.7. The molecule has 1 aromatic heterocycles. The molecule has 1 rings (SSSR count). The lowest BCUT2D eigenvalue weighted by atomic mass is 10.2. The van der Waals surface area contributed by atoms with Crippen molar-refractivity contribution in [3.8, 4) is 0 Å². The molecule has 116 valence electrons. The molecule has 7 heteroatoms. The zero-order chi connectivity index (χ0) is 15.9. The van der Waals surface area contributed by atoms with Crippen molar-refractivity contribution in [2.24, 2.45) is 0 Å². The van der Waals surface area contributed by atoms with E-state index in [1.807, 2.05) is 18.2 Å². The fourth-order valence-electron chi connectivity index (χ4n) is 1.27. The summed E-state index contributed by atoms with van der Waals surface area (Å²) in [5.41, 5.74) is -0.582. The van der Waals surface area contributed by atoms with E-state index in [0.717, 1.165) is 5.03 Å². The maximum Gasteiger partial charge on any atom is 0.408 e. The number of rotatable bonds is 6. The first-order valence-corrected chi connectivity index (χ1v) is 8.80. The van der Waals surface area contributed by atoms with Gasteiger partial charge in [0.15, 0.2) is 5.78 Å². The Kier molecular flexibility index (Phi) is 7.04. The zero-order valence-corrected chi connectivity index (χ0v) is 14.2. The number of hydrogen-bond acceptors (Lipinski definition) is 6. The van der Waals surface area contributed by atoms with E-state index in [-0.39, 0.29) is 5.78 Å². The van der Waals surface area contributed by atoms with Crippen molar-refractivity contribution in [2.75, 3.05) is 5.75 Å². The Morgan fingerprint density at radius 1 is 1.38 bits per heavy atom. The topological polar surface area (TPSA) is 68.3 Å². The highest BCUT2D eigenvalue weighted by atomic mass is 33.1. The maximum absolute atomic E-state index is 11.7. The Bertz CT molecular complexity index is 475. The number of nitrogens with zero attached hydrogens (tertiary/aromatic N) is 1. The van der Waals surface area contributed by atoms with Gasteiger partial charge in [-0.15, -0.1) is 0 Å². The Hall–Kier alpha value is -1.21. The lowest BCUT2D eigenvalue weighted by molar-refractivity contribution is -0.118. The minimum atomic E-state index is -0.582. The van der Waals surface area contributed by atoms with E-state index in [2.05, 4.69) is 10.3 Å². The molecule has 0 saturated carbocycles. The highest BCUT2D eigenvalue weighted by molar-refractivity contribution is 8.76. The van der Waals surface area contributed by atoms with Crippen molar-refractivity contribution in [3.05, 3.63) is 24.4 Å². The van der Waals surface area contributed by atoms with Gasteiger partial charge in [-0.2, -0.15) is 0 Å². The number of ketones is 1. The summed E-state index contributed by atoms with van der Waals surface area (Å²) >= 11 is 0.